The van der Waals surface area contributed by atoms with Gasteiger partial charge in [0.25, 0.3) is 5.91 Å². The van der Waals surface area contributed by atoms with Crippen LogP contribution < -0.4 is 10.6 Å². The molecule has 5 nitrogen and oxygen atoms in total. The third kappa shape index (κ3) is 4.37. The summed E-state index contributed by atoms with van der Waals surface area (Å²) in [4.78, 5) is 24.1. The summed E-state index contributed by atoms with van der Waals surface area (Å²) in [5, 5.41) is 5.20. The Morgan fingerprint density at radius 1 is 1.00 bits per heavy atom. The number of aryl methyl sites for hydroxylation is 1. The number of carbonyl (C=O) groups is 2. The van der Waals surface area contributed by atoms with Gasteiger partial charge in [-0.2, -0.15) is 0 Å². The second kappa shape index (κ2) is 8.31. The van der Waals surface area contributed by atoms with Crippen molar-refractivity contribution in [2.24, 2.45) is 0 Å². The minimum atomic E-state index is -0.562. The molecule has 0 saturated heterocycles. The highest BCUT2D eigenvalue weighted by atomic mass is 19.1. The molecule has 2 amide bonds. The van der Waals surface area contributed by atoms with Gasteiger partial charge in [-0.3, -0.25) is 9.59 Å². The predicted octanol–water partition coefficient (Wildman–Crippen LogP) is 5.06. The molecule has 1 aromatic heterocycles. The first kappa shape index (κ1) is 20.3. The van der Waals surface area contributed by atoms with E-state index in [2.05, 4.69) is 34.3 Å². The summed E-state index contributed by atoms with van der Waals surface area (Å²) in [7, 11) is 0. The number of rotatable bonds is 5. The van der Waals surface area contributed by atoms with Crippen LogP contribution in [-0.2, 0) is 4.79 Å². The minimum Gasteiger partial charge on any atom is -0.341 e. The van der Waals surface area contributed by atoms with E-state index in [0.29, 0.717) is 11.3 Å². The van der Waals surface area contributed by atoms with E-state index >= 15 is 0 Å². The lowest BCUT2D eigenvalue weighted by Crippen LogP contribution is -2.15. The van der Waals surface area contributed by atoms with Gasteiger partial charge in [0, 0.05) is 24.0 Å². The molecule has 0 spiro atoms. The van der Waals surface area contributed by atoms with Crippen LogP contribution in [0.3, 0.4) is 0 Å². The van der Waals surface area contributed by atoms with Crippen LogP contribution in [0.25, 0.3) is 0 Å². The Bertz CT molecular complexity index is 1060. The fourth-order valence-electron chi connectivity index (χ4n) is 3.57. The average Bonchev–Trinajstić information content (AvgIpc) is 2.98. The number of hydrogen-bond acceptors (Lipinski definition) is 2. The first-order valence-corrected chi connectivity index (χ1v) is 9.39. The number of nitrogens with zero attached hydrogens (tertiary/aromatic N) is 1. The SMILES string of the molecule is CC(=O)Nc1cc(NC(=O)c2cc(C)n(C(C)c3ccccc3)c2C)ccc1F. The van der Waals surface area contributed by atoms with Crippen molar-refractivity contribution >= 4 is 23.2 Å². The second-order valence-electron chi connectivity index (χ2n) is 7.07. The highest BCUT2D eigenvalue weighted by Crippen LogP contribution is 2.26. The molecule has 0 saturated carbocycles. The van der Waals surface area contributed by atoms with Crippen LogP contribution in [0.4, 0.5) is 15.8 Å². The molecular weight excluding hydrogens is 369 g/mol. The van der Waals surface area contributed by atoms with Crippen molar-refractivity contribution in [1.82, 2.24) is 4.57 Å². The molecule has 6 heteroatoms. The maximum Gasteiger partial charge on any atom is 0.257 e. The smallest absolute Gasteiger partial charge is 0.257 e. The van der Waals surface area contributed by atoms with Gasteiger partial charge in [-0.05, 0) is 50.6 Å². The highest BCUT2D eigenvalue weighted by Gasteiger charge is 2.20. The van der Waals surface area contributed by atoms with Crippen molar-refractivity contribution in [1.29, 1.82) is 0 Å². The highest BCUT2D eigenvalue weighted by molar-refractivity contribution is 6.05. The van der Waals surface area contributed by atoms with Crippen molar-refractivity contribution in [3.63, 3.8) is 0 Å². The zero-order valence-corrected chi connectivity index (χ0v) is 16.9. The number of nitrogens with one attached hydrogen (secondary N) is 2. The summed E-state index contributed by atoms with van der Waals surface area (Å²) in [6, 6.07) is 16.1. The maximum absolute atomic E-state index is 13.8. The van der Waals surface area contributed by atoms with Crippen LogP contribution >= 0.6 is 0 Å². The summed E-state index contributed by atoms with van der Waals surface area (Å²) in [5.74, 6) is -1.23. The number of anilines is 2. The Morgan fingerprint density at radius 3 is 2.34 bits per heavy atom. The summed E-state index contributed by atoms with van der Waals surface area (Å²) in [5.41, 5.74) is 3.96. The van der Waals surface area contributed by atoms with Gasteiger partial charge in [-0.25, -0.2) is 4.39 Å². The van der Waals surface area contributed by atoms with Crippen molar-refractivity contribution in [2.75, 3.05) is 10.6 Å². The van der Waals surface area contributed by atoms with E-state index in [1.165, 1.54) is 25.1 Å². The Balaban J connectivity index is 1.87. The quantitative estimate of drug-likeness (QED) is 0.636. The molecule has 3 aromatic rings. The van der Waals surface area contributed by atoms with Crippen molar-refractivity contribution in [3.05, 3.63) is 82.9 Å². The van der Waals surface area contributed by atoms with Gasteiger partial charge in [0.05, 0.1) is 17.3 Å². The summed E-state index contributed by atoms with van der Waals surface area (Å²) < 4.78 is 16.0. The van der Waals surface area contributed by atoms with Gasteiger partial charge in [-0.1, -0.05) is 30.3 Å². The predicted molar refractivity (Wildman–Crippen MR) is 113 cm³/mol. The Kier molecular flexibility index (Phi) is 5.82. The first-order valence-electron chi connectivity index (χ1n) is 9.39. The molecule has 0 aliphatic rings. The fraction of sp³-hybridized carbons (Fsp3) is 0.217. The number of carbonyl (C=O) groups excluding carboxylic acids is 2. The zero-order valence-electron chi connectivity index (χ0n) is 16.9. The number of hydrogen-bond donors (Lipinski definition) is 2. The standard InChI is InChI=1S/C23H24FN3O2/c1-14-12-20(16(3)27(14)15(2)18-8-6-5-7-9-18)23(29)26-19-10-11-21(24)22(13-19)25-17(4)28/h5-13,15H,1-4H3,(H,25,28)(H,26,29). The van der Waals surface area contributed by atoms with E-state index in [1.54, 1.807) is 0 Å². The largest absolute Gasteiger partial charge is 0.341 e. The van der Waals surface area contributed by atoms with Crippen molar-refractivity contribution in [2.45, 2.75) is 33.7 Å². The van der Waals surface area contributed by atoms with E-state index in [1.807, 2.05) is 38.1 Å². The van der Waals surface area contributed by atoms with Crippen LogP contribution in [0.5, 0.6) is 0 Å². The average molecular weight is 393 g/mol. The molecule has 1 heterocycles. The molecule has 0 fully saturated rings. The van der Waals surface area contributed by atoms with Crippen LogP contribution in [0.1, 0.15) is 47.2 Å². The maximum atomic E-state index is 13.8. The van der Waals surface area contributed by atoms with Gasteiger partial charge in [0.1, 0.15) is 5.82 Å². The van der Waals surface area contributed by atoms with Gasteiger partial charge in [-0.15, -0.1) is 0 Å². The summed E-state index contributed by atoms with van der Waals surface area (Å²) in [6.45, 7) is 7.27. The Hall–Kier alpha value is -3.41. The summed E-state index contributed by atoms with van der Waals surface area (Å²) in [6.07, 6.45) is 0. The molecule has 0 radical (unpaired) electrons. The number of aromatic nitrogens is 1. The second-order valence-corrected chi connectivity index (χ2v) is 7.07. The van der Waals surface area contributed by atoms with Gasteiger partial charge in [0.2, 0.25) is 5.91 Å². The van der Waals surface area contributed by atoms with Gasteiger partial charge in [0.15, 0.2) is 0 Å². The molecule has 0 bridgehead atoms. The van der Waals surface area contributed by atoms with Gasteiger partial charge >= 0.3 is 0 Å². The monoisotopic (exact) mass is 393 g/mol. The molecule has 1 atom stereocenters. The van der Waals surface area contributed by atoms with E-state index in [4.69, 9.17) is 0 Å². The zero-order chi connectivity index (χ0) is 21.1. The Morgan fingerprint density at radius 2 is 1.69 bits per heavy atom. The Labute approximate surface area is 169 Å². The number of amides is 2. The third-order valence-electron chi connectivity index (χ3n) is 4.93. The lowest BCUT2D eigenvalue weighted by molar-refractivity contribution is -0.114. The van der Waals surface area contributed by atoms with Crippen LogP contribution in [0.2, 0.25) is 0 Å². The van der Waals surface area contributed by atoms with E-state index in [-0.39, 0.29) is 23.5 Å². The first-order chi connectivity index (χ1) is 13.8. The molecule has 0 aliphatic carbocycles. The fourth-order valence-corrected chi connectivity index (χ4v) is 3.57. The van der Waals surface area contributed by atoms with E-state index in [9.17, 15) is 14.0 Å². The molecule has 1 unspecified atom stereocenters. The molecule has 2 N–H and O–H groups in total. The molecule has 3 rings (SSSR count). The lowest BCUT2D eigenvalue weighted by atomic mass is 10.1. The normalized spacial score (nSPS) is 11.8. The number of halogens is 1. The van der Waals surface area contributed by atoms with E-state index in [0.717, 1.165) is 17.0 Å². The van der Waals surface area contributed by atoms with Crippen LogP contribution in [-0.4, -0.2) is 16.4 Å². The van der Waals surface area contributed by atoms with Crippen molar-refractivity contribution in [3.8, 4) is 0 Å². The minimum absolute atomic E-state index is 0.0264. The molecule has 150 valence electrons. The lowest BCUT2D eigenvalue weighted by Gasteiger charge is -2.19. The molecule has 2 aromatic carbocycles. The van der Waals surface area contributed by atoms with Crippen LogP contribution in [0.15, 0.2) is 54.6 Å². The number of benzene rings is 2. The molecule has 0 aliphatic heterocycles. The molecular formula is C23H24FN3O2. The molecule has 29 heavy (non-hydrogen) atoms. The third-order valence-corrected chi connectivity index (χ3v) is 4.93. The van der Waals surface area contributed by atoms with E-state index < -0.39 is 5.82 Å². The van der Waals surface area contributed by atoms with Gasteiger partial charge < -0.3 is 15.2 Å². The summed E-state index contributed by atoms with van der Waals surface area (Å²) >= 11 is 0. The topological polar surface area (TPSA) is 63.1 Å². The van der Waals surface area contributed by atoms with Crippen LogP contribution in [0, 0.1) is 19.7 Å². The van der Waals surface area contributed by atoms with Crippen molar-refractivity contribution < 1.29 is 14.0 Å².